The predicted octanol–water partition coefficient (Wildman–Crippen LogP) is 2.82. The number of benzene rings is 2. The third-order valence-corrected chi connectivity index (χ3v) is 5.19. The average molecular weight is 296 g/mol. The molecule has 1 N–H and O–H groups in total. The fourth-order valence-corrected chi connectivity index (χ4v) is 3.96. The van der Waals surface area contributed by atoms with E-state index in [1.807, 2.05) is 24.3 Å². The van der Waals surface area contributed by atoms with Crippen molar-refractivity contribution in [2.75, 3.05) is 31.1 Å². The fraction of sp³-hybridized carbons (Fsp3) is 0.235. The van der Waals surface area contributed by atoms with Gasteiger partial charge in [0.1, 0.15) is 0 Å². The maximum Gasteiger partial charge on any atom is 0.195 e. The molecule has 0 saturated carbocycles. The molecule has 1 fully saturated rings. The minimum Gasteiger partial charge on any atom is -0.369 e. The summed E-state index contributed by atoms with van der Waals surface area (Å²) in [6, 6.07) is 14.1. The first-order valence-corrected chi connectivity index (χ1v) is 8.06. The highest BCUT2D eigenvalue weighted by Crippen LogP contribution is 2.27. The number of fused-ring (bicyclic) bond motifs is 2. The van der Waals surface area contributed by atoms with Gasteiger partial charge >= 0.3 is 0 Å². The third-order valence-electron chi connectivity index (χ3n) is 4.04. The van der Waals surface area contributed by atoms with Crippen LogP contribution in [0.4, 0.5) is 5.69 Å². The summed E-state index contributed by atoms with van der Waals surface area (Å²) in [6.45, 7) is 4.00. The van der Waals surface area contributed by atoms with Crippen molar-refractivity contribution >= 4 is 37.2 Å². The molecule has 0 unspecified atom stereocenters. The van der Waals surface area contributed by atoms with Gasteiger partial charge < -0.3 is 10.2 Å². The summed E-state index contributed by atoms with van der Waals surface area (Å²) in [5, 5.41) is 5.02. The Balaban J connectivity index is 1.92. The van der Waals surface area contributed by atoms with Gasteiger partial charge in [0, 0.05) is 52.0 Å². The highest BCUT2D eigenvalue weighted by Gasteiger charge is 2.12. The van der Waals surface area contributed by atoms with Gasteiger partial charge in [0.15, 0.2) is 5.43 Å². The smallest absolute Gasteiger partial charge is 0.195 e. The molecule has 0 bridgehead atoms. The van der Waals surface area contributed by atoms with Gasteiger partial charge in [0.05, 0.1) is 0 Å². The normalized spacial score (nSPS) is 15.7. The molecule has 2 aromatic carbocycles. The van der Waals surface area contributed by atoms with Crippen molar-refractivity contribution in [1.29, 1.82) is 0 Å². The molecular weight excluding hydrogens is 280 g/mol. The van der Waals surface area contributed by atoms with Crippen LogP contribution in [0.25, 0.3) is 20.2 Å². The molecule has 0 spiro atoms. The standard InChI is InChI=1S/C17H16N2OS/c20-17-13-3-1-2-4-15(13)21-16-6-5-12(11-14(16)17)19-9-7-18-8-10-19/h1-6,11,18H,7-10H2. The van der Waals surface area contributed by atoms with Gasteiger partial charge in [-0.25, -0.2) is 0 Å². The van der Waals surface area contributed by atoms with E-state index in [1.165, 1.54) is 0 Å². The topological polar surface area (TPSA) is 32.3 Å². The van der Waals surface area contributed by atoms with Crippen LogP contribution in [0.15, 0.2) is 47.3 Å². The first-order valence-electron chi connectivity index (χ1n) is 7.24. The molecule has 1 aliphatic rings. The molecule has 4 heteroatoms. The molecule has 1 aliphatic heterocycles. The second kappa shape index (κ2) is 5.13. The van der Waals surface area contributed by atoms with Gasteiger partial charge in [-0.15, -0.1) is 11.3 Å². The summed E-state index contributed by atoms with van der Waals surface area (Å²) in [7, 11) is 0. The van der Waals surface area contributed by atoms with Gasteiger partial charge in [0.2, 0.25) is 0 Å². The Kier molecular flexibility index (Phi) is 3.13. The maximum atomic E-state index is 12.7. The SMILES string of the molecule is O=c1c2ccccc2sc2ccc(N3CCNCC3)cc12. The molecule has 4 rings (SSSR count). The largest absolute Gasteiger partial charge is 0.369 e. The van der Waals surface area contributed by atoms with Crippen molar-refractivity contribution < 1.29 is 0 Å². The molecule has 3 nitrogen and oxygen atoms in total. The summed E-state index contributed by atoms with van der Waals surface area (Å²) in [4.78, 5) is 15.0. The van der Waals surface area contributed by atoms with Crippen molar-refractivity contribution in [1.82, 2.24) is 5.32 Å². The van der Waals surface area contributed by atoms with E-state index in [0.29, 0.717) is 0 Å². The van der Waals surface area contributed by atoms with Crippen molar-refractivity contribution in [3.63, 3.8) is 0 Å². The Labute approximate surface area is 126 Å². The molecule has 1 aromatic heterocycles. The first-order chi connectivity index (χ1) is 10.3. The van der Waals surface area contributed by atoms with Crippen LogP contribution in [-0.4, -0.2) is 26.2 Å². The van der Waals surface area contributed by atoms with Crippen LogP contribution >= 0.6 is 11.3 Å². The van der Waals surface area contributed by atoms with Crippen LogP contribution in [0.1, 0.15) is 0 Å². The molecule has 0 atom stereocenters. The lowest BCUT2D eigenvalue weighted by Crippen LogP contribution is -2.43. The fourth-order valence-electron chi connectivity index (χ4n) is 2.91. The van der Waals surface area contributed by atoms with E-state index in [9.17, 15) is 4.79 Å². The van der Waals surface area contributed by atoms with Crippen molar-refractivity contribution in [2.45, 2.75) is 0 Å². The maximum absolute atomic E-state index is 12.7. The summed E-state index contributed by atoms with van der Waals surface area (Å²) in [5.41, 5.74) is 1.31. The minimum absolute atomic E-state index is 0.149. The lowest BCUT2D eigenvalue weighted by molar-refractivity contribution is 0.589. The summed E-state index contributed by atoms with van der Waals surface area (Å²) in [6.07, 6.45) is 0. The second-order valence-electron chi connectivity index (χ2n) is 5.34. The van der Waals surface area contributed by atoms with Gasteiger partial charge in [-0.05, 0) is 30.3 Å². The second-order valence-corrected chi connectivity index (χ2v) is 6.43. The third kappa shape index (κ3) is 2.20. The van der Waals surface area contributed by atoms with Crippen LogP contribution in [0, 0.1) is 0 Å². The zero-order valence-corrected chi connectivity index (χ0v) is 12.5. The molecule has 2 heterocycles. The zero-order valence-electron chi connectivity index (χ0n) is 11.6. The highest BCUT2D eigenvalue weighted by atomic mass is 32.1. The molecule has 0 radical (unpaired) electrons. The Hall–Kier alpha value is -1.91. The number of hydrogen-bond acceptors (Lipinski definition) is 4. The Morgan fingerprint density at radius 3 is 2.57 bits per heavy atom. The van der Waals surface area contributed by atoms with E-state index in [0.717, 1.165) is 52.0 Å². The highest BCUT2D eigenvalue weighted by molar-refractivity contribution is 7.24. The van der Waals surface area contributed by atoms with Crippen LogP contribution in [0.5, 0.6) is 0 Å². The molecule has 21 heavy (non-hydrogen) atoms. The van der Waals surface area contributed by atoms with Crippen molar-refractivity contribution in [2.24, 2.45) is 0 Å². The number of anilines is 1. The summed E-state index contributed by atoms with van der Waals surface area (Å²) >= 11 is 1.69. The van der Waals surface area contributed by atoms with Gasteiger partial charge in [-0.1, -0.05) is 12.1 Å². The van der Waals surface area contributed by atoms with Crippen LogP contribution in [-0.2, 0) is 0 Å². The molecule has 0 amide bonds. The lowest BCUT2D eigenvalue weighted by Gasteiger charge is -2.29. The number of nitrogens with one attached hydrogen (secondary N) is 1. The van der Waals surface area contributed by atoms with Crippen LogP contribution in [0.3, 0.4) is 0 Å². The summed E-state index contributed by atoms with van der Waals surface area (Å²) < 4.78 is 2.13. The zero-order chi connectivity index (χ0) is 14.2. The predicted molar refractivity (Wildman–Crippen MR) is 90.7 cm³/mol. The van der Waals surface area contributed by atoms with Crippen molar-refractivity contribution in [3.8, 4) is 0 Å². The van der Waals surface area contributed by atoms with Crippen molar-refractivity contribution in [3.05, 3.63) is 52.7 Å². The van der Waals surface area contributed by atoms with Crippen LogP contribution in [0.2, 0.25) is 0 Å². The first kappa shape index (κ1) is 12.8. The quantitative estimate of drug-likeness (QED) is 0.701. The summed E-state index contributed by atoms with van der Waals surface area (Å²) in [5.74, 6) is 0. The number of nitrogens with zero attached hydrogens (tertiary/aromatic N) is 1. The number of piperazine rings is 1. The van der Waals surface area contributed by atoms with E-state index in [4.69, 9.17) is 0 Å². The molecule has 3 aromatic rings. The van der Waals surface area contributed by atoms with E-state index >= 15 is 0 Å². The Morgan fingerprint density at radius 1 is 0.952 bits per heavy atom. The van der Waals surface area contributed by atoms with E-state index in [1.54, 1.807) is 11.3 Å². The molecule has 106 valence electrons. The van der Waals surface area contributed by atoms with E-state index < -0.39 is 0 Å². The Morgan fingerprint density at radius 2 is 1.71 bits per heavy atom. The van der Waals surface area contributed by atoms with Gasteiger partial charge in [-0.2, -0.15) is 0 Å². The Bertz CT molecular complexity index is 865. The molecule has 0 aliphatic carbocycles. The molecule has 1 saturated heterocycles. The van der Waals surface area contributed by atoms with Gasteiger partial charge in [0.25, 0.3) is 0 Å². The number of hydrogen-bond donors (Lipinski definition) is 1. The van der Waals surface area contributed by atoms with Crippen LogP contribution < -0.4 is 15.6 Å². The van der Waals surface area contributed by atoms with E-state index in [2.05, 4.69) is 28.4 Å². The minimum atomic E-state index is 0.149. The van der Waals surface area contributed by atoms with E-state index in [-0.39, 0.29) is 5.43 Å². The lowest BCUT2D eigenvalue weighted by atomic mass is 10.1. The monoisotopic (exact) mass is 296 g/mol. The average Bonchev–Trinajstić information content (AvgIpc) is 2.56. The molecular formula is C17H16N2OS. The van der Waals surface area contributed by atoms with Gasteiger partial charge in [-0.3, -0.25) is 4.79 Å². The number of rotatable bonds is 1.